The van der Waals surface area contributed by atoms with Crippen LogP contribution in [0.5, 0.6) is 0 Å². The highest BCUT2D eigenvalue weighted by molar-refractivity contribution is 5.75. The average molecular weight is 262 g/mol. The van der Waals surface area contributed by atoms with E-state index >= 15 is 0 Å². The summed E-state index contributed by atoms with van der Waals surface area (Å²) in [6.07, 6.45) is -0.0865. The van der Waals surface area contributed by atoms with E-state index in [4.69, 9.17) is 14.9 Å². The maximum Gasteiger partial charge on any atom is 0.320 e. The number of carbonyl (C=O) groups is 2. The number of rotatable bonds is 9. The fourth-order valence-corrected chi connectivity index (χ4v) is 1.44. The number of aliphatic carboxylic acids is 1. The number of hydrogen-bond donors (Lipinski definition) is 2. The summed E-state index contributed by atoms with van der Waals surface area (Å²) in [5.41, 5.74) is 0. The van der Waals surface area contributed by atoms with E-state index in [0.717, 1.165) is 0 Å². The lowest BCUT2D eigenvalue weighted by Gasteiger charge is -2.29. The van der Waals surface area contributed by atoms with Crippen molar-refractivity contribution in [3.05, 3.63) is 0 Å². The number of carbonyl (C=O) groups excluding carboxylic acids is 1. The minimum atomic E-state index is -0.938. The first-order valence-corrected chi connectivity index (χ1v) is 5.92. The van der Waals surface area contributed by atoms with Gasteiger partial charge in [-0.1, -0.05) is 0 Å². The van der Waals surface area contributed by atoms with Crippen LogP contribution in [0.2, 0.25) is 0 Å². The van der Waals surface area contributed by atoms with Gasteiger partial charge in [0.25, 0.3) is 0 Å². The van der Waals surface area contributed by atoms with E-state index in [2.05, 4.69) is 0 Å². The van der Waals surface area contributed by atoms with Crippen molar-refractivity contribution in [2.75, 3.05) is 46.5 Å². The van der Waals surface area contributed by atoms with E-state index in [1.807, 2.05) is 0 Å². The lowest BCUT2D eigenvalue weighted by Crippen LogP contribution is -2.46. The number of aliphatic hydroxyl groups excluding tert-OH is 1. The number of carboxylic acids is 1. The molecule has 0 aliphatic carbocycles. The Labute approximate surface area is 107 Å². The maximum atomic E-state index is 12.1. The lowest BCUT2D eigenvalue weighted by atomic mass is 10.4. The quantitative estimate of drug-likeness (QED) is 0.603. The van der Waals surface area contributed by atoms with Gasteiger partial charge in [-0.05, 0) is 6.92 Å². The van der Waals surface area contributed by atoms with Crippen molar-refractivity contribution < 1.29 is 24.5 Å². The Morgan fingerprint density at radius 2 is 1.83 bits per heavy atom. The Balaban J connectivity index is 4.42. The molecule has 0 aromatic rings. The second-order valence-corrected chi connectivity index (χ2v) is 3.71. The molecule has 7 heteroatoms. The zero-order chi connectivity index (χ0) is 14.0. The third-order valence-corrected chi connectivity index (χ3v) is 2.45. The molecule has 18 heavy (non-hydrogen) atoms. The Bertz CT molecular complexity index is 260. The highest BCUT2D eigenvalue weighted by atomic mass is 16.5. The summed E-state index contributed by atoms with van der Waals surface area (Å²) in [6.45, 7) is 3.22. The zero-order valence-corrected chi connectivity index (χ0v) is 11.0. The van der Waals surface area contributed by atoms with Crippen molar-refractivity contribution in [3.63, 3.8) is 0 Å². The molecule has 0 rings (SSSR count). The summed E-state index contributed by atoms with van der Waals surface area (Å²) in [5.74, 6) is -0.938. The molecule has 0 aliphatic heterocycles. The predicted octanol–water partition coefficient (Wildman–Crippen LogP) is -0.156. The standard InChI is InChI=1S/C11H22N2O5/c1-3-12(5-4-10(15)16)11(17)13(6-8-14)7-9-18-2/h14H,3-9H2,1-2H3,(H,15,16). The summed E-state index contributed by atoms with van der Waals surface area (Å²) < 4.78 is 4.89. The molecule has 0 saturated carbocycles. The second-order valence-electron chi connectivity index (χ2n) is 3.71. The minimum Gasteiger partial charge on any atom is -0.481 e. The van der Waals surface area contributed by atoms with Gasteiger partial charge in [-0.15, -0.1) is 0 Å². The molecule has 106 valence electrons. The lowest BCUT2D eigenvalue weighted by molar-refractivity contribution is -0.137. The van der Waals surface area contributed by atoms with Crippen LogP contribution in [0.25, 0.3) is 0 Å². The molecule has 7 nitrogen and oxygen atoms in total. The molecule has 0 atom stereocenters. The molecule has 2 amide bonds. The summed E-state index contributed by atoms with van der Waals surface area (Å²) in [7, 11) is 1.53. The van der Waals surface area contributed by atoms with Crippen LogP contribution in [-0.4, -0.2) is 78.5 Å². The zero-order valence-electron chi connectivity index (χ0n) is 11.0. The normalized spacial score (nSPS) is 10.2. The van der Waals surface area contributed by atoms with Gasteiger partial charge in [0.1, 0.15) is 0 Å². The smallest absolute Gasteiger partial charge is 0.320 e. The molecule has 0 aromatic heterocycles. The number of amides is 2. The molecule has 0 bridgehead atoms. The van der Waals surface area contributed by atoms with Gasteiger partial charge in [0, 0.05) is 33.3 Å². The minimum absolute atomic E-state index is 0.0865. The van der Waals surface area contributed by atoms with Crippen molar-refractivity contribution in [2.24, 2.45) is 0 Å². The molecule has 0 heterocycles. The van der Waals surface area contributed by atoms with Crippen LogP contribution in [0.15, 0.2) is 0 Å². The fraction of sp³-hybridized carbons (Fsp3) is 0.818. The Morgan fingerprint density at radius 3 is 2.28 bits per heavy atom. The van der Waals surface area contributed by atoms with Crippen molar-refractivity contribution in [2.45, 2.75) is 13.3 Å². The number of methoxy groups -OCH3 is 1. The van der Waals surface area contributed by atoms with Crippen molar-refractivity contribution in [1.29, 1.82) is 0 Å². The molecule has 0 aliphatic rings. The van der Waals surface area contributed by atoms with Crippen LogP contribution in [0.3, 0.4) is 0 Å². The first-order chi connectivity index (χ1) is 8.56. The van der Waals surface area contributed by atoms with E-state index < -0.39 is 5.97 Å². The molecule has 0 radical (unpaired) electrons. The van der Waals surface area contributed by atoms with Gasteiger partial charge in [0.05, 0.1) is 19.6 Å². The molecular formula is C11H22N2O5. The molecule has 0 unspecified atom stereocenters. The first kappa shape index (κ1) is 16.7. The summed E-state index contributed by atoms with van der Waals surface area (Å²) in [4.78, 5) is 25.5. The van der Waals surface area contributed by atoms with Gasteiger partial charge in [-0.2, -0.15) is 0 Å². The van der Waals surface area contributed by atoms with Crippen LogP contribution in [-0.2, 0) is 9.53 Å². The predicted molar refractivity (Wildman–Crippen MR) is 65.4 cm³/mol. The van der Waals surface area contributed by atoms with E-state index in [1.54, 1.807) is 6.92 Å². The SMILES string of the molecule is CCN(CCC(=O)O)C(=O)N(CCO)CCOC. The monoisotopic (exact) mass is 262 g/mol. The summed E-state index contributed by atoms with van der Waals surface area (Å²) in [5, 5.41) is 17.5. The fourth-order valence-electron chi connectivity index (χ4n) is 1.44. The van der Waals surface area contributed by atoms with Gasteiger partial charge >= 0.3 is 12.0 Å². The Hall–Kier alpha value is -1.34. The highest BCUT2D eigenvalue weighted by Gasteiger charge is 2.19. The van der Waals surface area contributed by atoms with Gasteiger partial charge in [-0.3, -0.25) is 4.79 Å². The number of carboxylic acid groups (broad SMARTS) is 1. The number of nitrogens with zero attached hydrogens (tertiary/aromatic N) is 2. The third kappa shape index (κ3) is 6.41. The van der Waals surface area contributed by atoms with Gasteiger partial charge < -0.3 is 24.7 Å². The Kier molecular flexibility index (Phi) is 8.95. The largest absolute Gasteiger partial charge is 0.481 e. The second kappa shape index (κ2) is 9.67. The highest BCUT2D eigenvalue weighted by Crippen LogP contribution is 2.01. The Morgan fingerprint density at radius 1 is 1.17 bits per heavy atom. The molecule has 2 N–H and O–H groups in total. The van der Waals surface area contributed by atoms with E-state index in [1.165, 1.54) is 16.9 Å². The average Bonchev–Trinajstić information content (AvgIpc) is 2.34. The summed E-state index contributed by atoms with van der Waals surface area (Å²) >= 11 is 0. The van der Waals surface area contributed by atoms with Crippen LogP contribution in [0.4, 0.5) is 4.79 Å². The van der Waals surface area contributed by atoms with Crippen molar-refractivity contribution >= 4 is 12.0 Å². The van der Waals surface area contributed by atoms with Crippen LogP contribution in [0.1, 0.15) is 13.3 Å². The molecule has 0 saturated heterocycles. The number of urea groups is 1. The number of aliphatic hydroxyl groups is 1. The molecule has 0 aromatic carbocycles. The first-order valence-electron chi connectivity index (χ1n) is 5.92. The van der Waals surface area contributed by atoms with E-state index in [-0.39, 0.29) is 32.1 Å². The van der Waals surface area contributed by atoms with Crippen LogP contribution in [0, 0.1) is 0 Å². The number of hydrogen-bond acceptors (Lipinski definition) is 4. The van der Waals surface area contributed by atoms with Crippen LogP contribution >= 0.6 is 0 Å². The van der Waals surface area contributed by atoms with E-state index in [9.17, 15) is 9.59 Å². The van der Waals surface area contributed by atoms with Crippen molar-refractivity contribution in [1.82, 2.24) is 9.80 Å². The maximum absolute atomic E-state index is 12.1. The van der Waals surface area contributed by atoms with Crippen LogP contribution < -0.4 is 0 Å². The number of ether oxygens (including phenoxy) is 1. The third-order valence-electron chi connectivity index (χ3n) is 2.45. The van der Waals surface area contributed by atoms with E-state index in [0.29, 0.717) is 19.7 Å². The van der Waals surface area contributed by atoms with Crippen molar-refractivity contribution in [3.8, 4) is 0 Å². The van der Waals surface area contributed by atoms with Gasteiger partial charge in [-0.25, -0.2) is 4.79 Å². The topological polar surface area (TPSA) is 90.3 Å². The summed E-state index contributed by atoms with van der Waals surface area (Å²) in [6, 6.07) is -0.273. The van der Waals surface area contributed by atoms with Gasteiger partial charge in [0.2, 0.25) is 0 Å². The van der Waals surface area contributed by atoms with Gasteiger partial charge in [0.15, 0.2) is 0 Å². The molecular weight excluding hydrogens is 240 g/mol. The molecule has 0 fully saturated rings. The molecule has 0 spiro atoms.